The fourth-order valence-corrected chi connectivity index (χ4v) is 2.60. The van der Waals surface area contributed by atoms with E-state index in [0.717, 1.165) is 16.7 Å². The molecule has 7 nitrogen and oxygen atoms in total. The highest BCUT2D eigenvalue weighted by molar-refractivity contribution is 6.30. The number of benzene rings is 2. The summed E-state index contributed by atoms with van der Waals surface area (Å²) in [6.07, 6.45) is 0.405. The summed E-state index contributed by atoms with van der Waals surface area (Å²) in [7, 11) is 0. The second kappa shape index (κ2) is 11.1. The highest BCUT2D eigenvalue weighted by atomic mass is 35.5. The van der Waals surface area contributed by atoms with Crippen LogP contribution in [-0.4, -0.2) is 36.2 Å². The van der Waals surface area contributed by atoms with Gasteiger partial charge in [-0.15, -0.1) is 0 Å². The quantitative estimate of drug-likeness (QED) is 0.217. The second-order valence-electron chi connectivity index (χ2n) is 6.41. The number of nitrogens with two attached hydrogens (primary N) is 1. The molecule has 0 heterocycles. The monoisotopic (exact) mass is 416 g/mol. The molecule has 2 aromatic carbocycles. The molecular weight excluding hydrogens is 392 g/mol. The van der Waals surface area contributed by atoms with E-state index < -0.39 is 12.1 Å². The number of carbonyl (C=O) groups is 1. The van der Waals surface area contributed by atoms with Gasteiger partial charge in [-0.05, 0) is 42.3 Å². The van der Waals surface area contributed by atoms with Crippen molar-refractivity contribution in [3.8, 4) is 0 Å². The molecule has 0 saturated heterocycles. The van der Waals surface area contributed by atoms with Crippen LogP contribution in [0.3, 0.4) is 0 Å². The molecule has 0 aliphatic heterocycles. The second-order valence-corrected chi connectivity index (χ2v) is 6.85. The van der Waals surface area contributed by atoms with Crippen LogP contribution in [0.5, 0.6) is 0 Å². The van der Waals surface area contributed by atoms with Crippen molar-refractivity contribution in [2.75, 3.05) is 18.5 Å². The Morgan fingerprint density at radius 2 is 1.90 bits per heavy atom. The number of amides is 2. The number of hydrogen-bond acceptors (Lipinski definition) is 4. The molecule has 2 amide bonds. The van der Waals surface area contributed by atoms with Gasteiger partial charge in [-0.2, -0.15) is 0 Å². The van der Waals surface area contributed by atoms with Crippen molar-refractivity contribution in [1.82, 2.24) is 5.32 Å². The summed E-state index contributed by atoms with van der Waals surface area (Å²) in [5.74, 6) is 0.0914. The molecule has 29 heavy (non-hydrogen) atoms. The van der Waals surface area contributed by atoms with Crippen molar-refractivity contribution >= 4 is 34.7 Å². The SMILES string of the molecule is C=C(C)c1ccc(CC(NC(=O)Nc2ccc(Cl)cc2)C(N)=NOCCO)cc1. The van der Waals surface area contributed by atoms with Crippen LogP contribution in [0.25, 0.3) is 5.57 Å². The summed E-state index contributed by atoms with van der Waals surface area (Å²) in [5.41, 5.74) is 9.55. The summed E-state index contributed by atoms with van der Waals surface area (Å²) in [4.78, 5) is 17.4. The number of amidine groups is 1. The predicted molar refractivity (Wildman–Crippen MR) is 117 cm³/mol. The normalized spacial score (nSPS) is 12.2. The summed E-state index contributed by atoms with van der Waals surface area (Å²) in [5, 5.41) is 18.7. The van der Waals surface area contributed by atoms with Gasteiger partial charge in [-0.3, -0.25) is 0 Å². The first-order valence-electron chi connectivity index (χ1n) is 9.03. The Bertz CT molecular complexity index is 851. The first kappa shape index (κ1) is 22.3. The van der Waals surface area contributed by atoms with E-state index in [1.807, 2.05) is 31.2 Å². The van der Waals surface area contributed by atoms with Gasteiger partial charge in [-0.1, -0.05) is 53.2 Å². The Kier molecular flexibility index (Phi) is 8.51. The fourth-order valence-electron chi connectivity index (χ4n) is 2.47. The molecule has 1 unspecified atom stereocenters. The van der Waals surface area contributed by atoms with Crippen LogP contribution in [0.1, 0.15) is 18.1 Å². The largest absolute Gasteiger partial charge is 0.393 e. The number of aliphatic hydroxyl groups excluding tert-OH is 1. The number of nitrogens with one attached hydrogen (secondary N) is 2. The van der Waals surface area contributed by atoms with Crippen molar-refractivity contribution in [2.45, 2.75) is 19.4 Å². The first-order valence-corrected chi connectivity index (χ1v) is 9.41. The van der Waals surface area contributed by atoms with Gasteiger partial charge < -0.3 is 26.3 Å². The Labute approximate surface area is 175 Å². The summed E-state index contributed by atoms with van der Waals surface area (Å²) >= 11 is 5.86. The average Bonchev–Trinajstić information content (AvgIpc) is 2.69. The Morgan fingerprint density at radius 3 is 2.48 bits per heavy atom. The van der Waals surface area contributed by atoms with Gasteiger partial charge in [0.05, 0.1) is 12.6 Å². The summed E-state index contributed by atoms with van der Waals surface area (Å²) in [6.45, 7) is 5.68. The molecule has 2 rings (SSSR count). The van der Waals surface area contributed by atoms with Gasteiger partial charge in [0.15, 0.2) is 5.84 Å². The first-order chi connectivity index (χ1) is 13.9. The number of urea groups is 1. The summed E-state index contributed by atoms with van der Waals surface area (Å²) in [6, 6.07) is 13.5. The van der Waals surface area contributed by atoms with Gasteiger partial charge >= 0.3 is 6.03 Å². The highest BCUT2D eigenvalue weighted by Gasteiger charge is 2.18. The molecule has 0 aliphatic carbocycles. The van der Waals surface area contributed by atoms with Gasteiger partial charge in [0.1, 0.15) is 6.61 Å². The molecular formula is C21H25ClN4O3. The van der Waals surface area contributed by atoms with Crippen molar-refractivity contribution in [3.63, 3.8) is 0 Å². The van der Waals surface area contributed by atoms with Crippen LogP contribution >= 0.6 is 11.6 Å². The number of oxime groups is 1. The molecule has 8 heteroatoms. The Hall–Kier alpha value is -3.03. The maximum absolute atomic E-state index is 12.4. The minimum atomic E-state index is -0.614. The van der Waals surface area contributed by atoms with E-state index in [1.165, 1.54) is 0 Å². The lowest BCUT2D eigenvalue weighted by atomic mass is 10.0. The number of anilines is 1. The van der Waals surface area contributed by atoms with E-state index in [1.54, 1.807) is 24.3 Å². The fraction of sp³-hybridized carbons (Fsp3) is 0.238. The molecule has 0 saturated carbocycles. The zero-order valence-electron chi connectivity index (χ0n) is 16.2. The molecule has 0 bridgehead atoms. The van der Waals surface area contributed by atoms with E-state index >= 15 is 0 Å². The van der Waals surface area contributed by atoms with E-state index in [-0.39, 0.29) is 19.0 Å². The van der Waals surface area contributed by atoms with Crippen molar-refractivity contribution in [1.29, 1.82) is 0 Å². The minimum absolute atomic E-state index is 0.0116. The van der Waals surface area contributed by atoms with E-state index in [9.17, 15) is 4.79 Å². The van der Waals surface area contributed by atoms with E-state index in [4.69, 9.17) is 27.3 Å². The van der Waals surface area contributed by atoms with Gasteiger partial charge in [0.2, 0.25) is 0 Å². The third kappa shape index (κ3) is 7.48. The third-order valence-electron chi connectivity index (χ3n) is 4.00. The molecule has 0 spiro atoms. The van der Waals surface area contributed by atoms with Crippen LogP contribution < -0.4 is 16.4 Å². The van der Waals surface area contributed by atoms with Crippen molar-refractivity contribution in [3.05, 3.63) is 71.3 Å². The van der Waals surface area contributed by atoms with Gasteiger partial charge in [0.25, 0.3) is 0 Å². The van der Waals surface area contributed by atoms with Crippen molar-refractivity contribution in [2.24, 2.45) is 10.9 Å². The van der Waals surface area contributed by atoms with Gasteiger partial charge in [-0.25, -0.2) is 4.79 Å². The summed E-state index contributed by atoms with van der Waals surface area (Å²) < 4.78 is 0. The smallest absolute Gasteiger partial charge is 0.319 e. The van der Waals surface area contributed by atoms with E-state index in [2.05, 4.69) is 22.4 Å². The lowest BCUT2D eigenvalue weighted by Gasteiger charge is -2.19. The predicted octanol–water partition coefficient (Wildman–Crippen LogP) is 3.39. The average molecular weight is 417 g/mol. The number of nitrogens with zero attached hydrogens (tertiary/aromatic N) is 1. The lowest BCUT2D eigenvalue weighted by molar-refractivity contribution is 0.0975. The standard InChI is InChI=1S/C21H25ClN4O3/c1-14(2)16-5-3-15(4-6-16)13-19(20(23)26-29-12-11-27)25-21(28)24-18-9-7-17(22)8-10-18/h3-10,19,27H,1,11-13H2,2H3,(H2,23,26)(H2,24,25,28). The third-order valence-corrected chi connectivity index (χ3v) is 4.26. The number of rotatable bonds is 9. The molecule has 0 fully saturated rings. The lowest BCUT2D eigenvalue weighted by Crippen LogP contribution is -2.47. The van der Waals surface area contributed by atoms with Crippen LogP contribution in [-0.2, 0) is 11.3 Å². The molecule has 0 aliphatic rings. The minimum Gasteiger partial charge on any atom is -0.393 e. The number of aliphatic hydroxyl groups is 1. The number of hydrogen-bond donors (Lipinski definition) is 4. The Morgan fingerprint density at radius 1 is 1.24 bits per heavy atom. The molecule has 1 atom stereocenters. The van der Waals surface area contributed by atoms with Crippen molar-refractivity contribution < 1.29 is 14.7 Å². The molecule has 0 radical (unpaired) electrons. The van der Waals surface area contributed by atoms with Gasteiger partial charge in [0, 0.05) is 17.1 Å². The zero-order chi connectivity index (χ0) is 21.2. The molecule has 0 aromatic heterocycles. The molecule has 154 valence electrons. The zero-order valence-corrected chi connectivity index (χ0v) is 16.9. The Balaban J connectivity index is 2.10. The van der Waals surface area contributed by atoms with Crippen LogP contribution in [0.4, 0.5) is 10.5 Å². The highest BCUT2D eigenvalue weighted by Crippen LogP contribution is 2.15. The van der Waals surface area contributed by atoms with E-state index in [0.29, 0.717) is 17.1 Å². The van der Waals surface area contributed by atoms with Crippen LogP contribution in [0.15, 0.2) is 60.3 Å². The number of allylic oxidation sites excluding steroid dienone is 1. The molecule has 5 N–H and O–H groups in total. The maximum Gasteiger partial charge on any atom is 0.319 e. The van der Waals surface area contributed by atoms with Crippen LogP contribution in [0.2, 0.25) is 5.02 Å². The number of halogens is 1. The van der Waals surface area contributed by atoms with Crippen LogP contribution in [0, 0.1) is 0 Å². The molecule has 2 aromatic rings. The number of carbonyl (C=O) groups excluding carboxylic acids is 1. The maximum atomic E-state index is 12.4. The topological polar surface area (TPSA) is 109 Å².